The molecule has 0 amide bonds. The van der Waals surface area contributed by atoms with Gasteiger partial charge < -0.3 is 19.5 Å². The standard InChI is InChI=1S/C22H23N3O4/c1-12-20(13(2)26)21(14-10-18(28-4)19(29-5)11-17(14)27-3)25-16-9-7-6-8-15(16)24-22(25)23-12/h6-11,21H,1-5H3,(H,23,24). The molecule has 1 aromatic heterocycles. The van der Waals surface area contributed by atoms with Crippen molar-refractivity contribution in [3.05, 3.63) is 53.2 Å². The number of anilines is 1. The Morgan fingerprint density at radius 2 is 1.69 bits per heavy atom. The fraction of sp³-hybridized carbons (Fsp3) is 0.273. The third kappa shape index (κ3) is 2.90. The topological polar surface area (TPSA) is 74.6 Å². The van der Waals surface area contributed by atoms with Crippen LogP contribution in [0.4, 0.5) is 5.95 Å². The number of imidazole rings is 1. The number of nitrogens with zero attached hydrogens (tertiary/aromatic N) is 2. The molecule has 1 aliphatic rings. The largest absolute Gasteiger partial charge is 0.496 e. The fourth-order valence-electron chi connectivity index (χ4n) is 3.98. The molecule has 1 atom stereocenters. The van der Waals surface area contributed by atoms with E-state index in [1.165, 1.54) is 0 Å². The molecular weight excluding hydrogens is 370 g/mol. The van der Waals surface area contributed by atoms with Crippen LogP contribution >= 0.6 is 0 Å². The van der Waals surface area contributed by atoms with E-state index in [9.17, 15) is 4.79 Å². The summed E-state index contributed by atoms with van der Waals surface area (Å²) in [6, 6.07) is 11.1. The Hall–Kier alpha value is -3.48. The molecule has 2 heterocycles. The number of hydrogen-bond donors (Lipinski definition) is 1. The quantitative estimate of drug-likeness (QED) is 0.708. The minimum Gasteiger partial charge on any atom is -0.496 e. The highest BCUT2D eigenvalue weighted by atomic mass is 16.5. The molecule has 0 radical (unpaired) electrons. The average molecular weight is 393 g/mol. The van der Waals surface area contributed by atoms with Crippen LogP contribution in [-0.4, -0.2) is 36.7 Å². The summed E-state index contributed by atoms with van der Waals surface area (Å²) >= 11 is 0. The van der Waals surface area contributed by atoms with Crippen molar-refractivity contribution in [1.29, 1.82) is 0 Å². The van der Waals surface area contributed by atoms with Gasteiger partial charge in [0.2, 0.25) is 5.95 Å². The molecule has 4 rings (SSSR count). The van der Waals surface area contributed by atoms with E-state index in [1.54, 1.807) is 34.3 Å². The molecule has 0 spiro atoms. The van der Waals surface area contributed by atoms with E-state index in [-0.39, 0.29) is 5.78 Å². The number of aromatic nitrogens is 2. The smallest absolute Gasteiger partial charge is 0.209 e. The number of methoxy groups -OCH3 is 3. The molecule has 0 bridgehead atoms. The van der Waals surface area contributed by atoms with Crippen LogP contribution in [0.15, 0.2) is 47.7 Å². The monoisotopic (exact) mass is 393 g/mol. The van der Waals surface area contributed by atoms with Gasteiger partial charge in [-0.25, -0.2) is 4.98 Å². The first-order chi connectivity index (χ1) is 14.0. The number of rotatable bonds is 5. The highest BCUT2D eigenvalue weighted by molar-refractivity contribution is 5.98. The summed E-state index contributed by atoms with van der Waals surface area (Å²) < 4.78 is 18.7. The van der Waals surface area contributed by atoms with Gasteiger partial charge in [0.05, 0.1) is 38.4 Å². The fourth-order valence-corrected chi connectivity index (χ4v) is 3.98. The molecule has 1 aliphatic heterocycles. The summed E-state index contributed by atoms with van der Waals surface area (Å²) in [6.45, 7) is 3.46. The molecule has 29 heavy (non-hydrogen) atoms. The lowest BCUT2D eigenvalue weighted by molar-refractivity contribution is -0.114. The Labute approximate surface area is 168 Å². The Balaban J connectivity index is 2.07. The summed E-state index contributed by atoms with van der Waals surface area (Å²) in [5, 5.41) is 3.28. The molecule has 0 fully saturated rings. The zero-order chi connectivity index (χ0) is 20.7. The van der Waals surface area contributed by atoms with E-state index in [1.807, 2.05) is 41.8 Å². The number of hydrogen-bond acceptors (Lipinski definition) is 6. The number of benzene rings is 2. The average Bonchev–Trinajstić information content (AvgIpc) is 3.09. The van der Waals surface area contributed by atoms with Gasteiger partial charge in [0.15, 0.2) is 17.3 Å². The molecule has 1 N–H and O–H groups in total. The van der Waals surface area contributed by atoms with Crippen LogP contribution in [0.3, 0.4) is 0 Å². The molecular formula is C22H23N3O4. The molecule has 0 saturated heterocycles. The first-order valence-electron chi connectivity index (χ1n) is 9.25. The Kier molecular flexibility index (Phi) is 4.66. The number of carbonyl (C=O) groups excluding carboxylic acids is 1. The van der Waals surface area contributed by atoms with Gasteiger partial charge in [-0.3, -0.25) is 9.36 Å². The van der Waals surface area contributed by atoms with Crippen molar-refractivity contribution in [3.8, 4) is 17.2 Å². The van der Waals surface area contributed by atoms with Crippen molar-refractivity contribution in [2.75, 3.05) is 26.6 Å². The SMILES string of the molecule is COc1cc(OC)c(C2C(C(C)=O)=C(C)Nc3nc4ccccc4n32)cc1OC. The van der Waals surface area contributed by atoms with Crippen molar-refractivity contribution in [3.63, 3.8) is 0 Å². The van der Waals surface area contributed by atoms with Crippen molar-refractivity contribution >= 4 is 22.8 Å². The first-order valence-corrected chi connectivity index (χ1v) is 9.25. The molecule has 3 aromatic rings. The second kappa shape index (κ2) is 7.16. The van der Waals surface area contributed by atoms with Gasteiger partial charge in [-0.2, -0.15) is 0 Å². The lowest BCUT2D eigenvalue weighted by Gasteiger charge is -2.31. The maximum absolute atomic E-state index is 12.7. The first kappa shape index (κ1) is 18.9. The van der Waals surface area contributed by atoms with Gasteiger partial charge in [-0.1, -0.05) is 12.1 Å². The summed E-state index contributed by atoms with van der Waals surface area (Å²) in [4.78, 5) is 17.4. The van der Waals surface area contributed by atoms with E-state index in [2.05, 4.69) is 5.32 Å². The molecule has 1 unspecified atom stereocenters. The van der Waals surface area contributed by atoms with Crippen LogP contribution in [0.1, 0.15) is 25.5 Å². The van der Waals surface area contributed by atoms with E-state index >= 15 is 0 Å². The normalized spacial score (nSPS) is 15.7. The zero-order valence-electron chi connectivity index (χ0n) is 17.1. The number of ketones is 1. The highest BCUT2D eigenvalue weighted by Gasteiger charge is 2.35. The molecule has 2 aromatic carbocycles. The third-order valence-electron chi connectivity index (χ3n) is 5.24. The van der Waals surface area contributed by atoms with E-state index in [4.69, 9.17) is 19.2 Å². The maximum atomic E-state index is 12.7. The molecule has 7 nitrogen and oxygen atoms in total. The number of Topliss-reactive ketones (excluding diaryl/α,β-unsaturated/α-hetero) is 1. The van der Waals surface area contributed by atoms with Crippen molar-refractivity contribution in [1.82, 2.24) is 9.55 Å². The van der Waals surface area contributed by atoms with Gasteiger partial charge in [0.1, 0.15) is 5.75 Å². The number of nitrogens with one attached hydrogen (secondary N) is 1. The van der Waals surface area contributed by atoms with Gasteiger partial charge in [0, 0.05) is 22.9 Å². The van der Waals surface area contributed by atoms with Crippen LogP contribution in [-0.2, 0) is 4.79 Å². The second-order valence-electron chi connectivity index (χ2n) is 6.87. The van der Waals surface area contributed by atoms with Gasteiger partial charge >= 0.3 is 0 Å². The maximum Gasteiger partial charge on any atom is 0.209 e. The Bertz CT molecular complexity index is 1150. The number of fused-ring (bicyclic) bond motifs is 3. The minimum absolute atomic E-state index is 0.0275. The predicted molar refractivity (Wildman–Crippen MR) is 111 cm³/mol. The number of para-hydroxylation sites is 2. The van der Waals surface area contributed by atoms with Gasteiger partial charge in [-0.15, -0.1) is 0 Å². The second-order valence-corrected chi connectivity index (χ2v) is 6.87. The van der Waals surface area contributed by atoms with Crippen molar-refractivity contribution in [2.45, 2.75) is 19.9 Å². The Morgan fingerprint density at radius 3 is 2.34 bits per heavy atom. The van der Waals surface area contributed by atoms with Crippen LogP contribution in [0, 0.1) is 0 Å². The van der Waals surface area contributed by atoms with E-state index in [0.717, 1.165) is 22.3 Å². The van der Waals surface area contributed by atoms with Crippen LogP contribution in [0.2, 0.25) is 0 Å². The van der Waals surface area contributed by atoms with Gasteiger partial charge in [0.25, 0.3) is 0 Å². The van der Waals surface area contributed by atoms with Crippen LogP contribution in [0.5, 0.6) is 17.2 Å². The van der Waals surface area contributed by atoms with E-state index < -0.39 is 6.04 Å². The summed E-state index contributed by atoms with van der Waals surface area (Å²) in [7, 11) is 4.76. The number of allylic oxidation sites excluding steroid dienone is 2. The third-order valence-corrected chi connectivity index (χ3v) is 5.24. The van der Waals surface area contributed by atoms with E-state index in [0.29, 0.717) is 28.8 Å². The molecule has 0 saturated carbocycles. The van der Waals surface area contributed by atoms with Gasteiger partial charge in [-0.05, 0) is 32.0 Å². The Morgan fingerprint density at radius 1 is 1.03 bits per heavy atom. The van der Waals surface area contributed by atoms with Crippen LogP contribution in [0.25, 0.3) is 11.0 Å². The summed E-state index contributed by atoms with van der Waals surface area (Å²) in [6.07, 6.45) is 0. The lowest BCUT2D eigenvalue weighted by Crippen LogP contribution is -2.27. The lowest BCUT2D eigenvalue weighted by atomic mass is 9.91. The molecule has 150 valence electrons. The molecule has 7 heteroatoms. The van der Waals surface area contributed by atoms with Crippen molar-refractivity contribution < 1.29 is 19.0 Å². The molecule has 0 aliphatic carbocycles. The van der Waals surface area contributed by atoms with Crippen LogP contribution < -0.4 is 19.5 Å². The number of ether oxygens (including phenoxy) is 3. The highest BCUT2D eigenvalue weighted by Crippen LogP contribution is 2.45. The predicted octanol–water partition coefficient (Wildman–Crippen LogP) is 3.94. The van der Waals surface area contributed by atoms with Crippen molar-refractivity contribution in [2.24, 2.45) is 0 Å². The number of carbonyl (C=O) groups is 1. The summed E-state index contributed by atoms with van der Waals surface area (Å²) in [5.74, 6) is 2.37. The summed E-state index contributed by atoms with van der Waals surface area (Å²) in [5.41, 5.74) is 3.97. The minimum atomic E-state index is -0.425. The zero-order valence-corrected chi connectivity index (χ0v) is 17.1.